The number of fused-ring (bicyclic) bond motifs is 1. The quantitative estimate of drug-likeness (QED) is 0.718. The van der Waals surface area contributed by atoms with Gasteiger partial charge in [0.15, 0.2) is 0 Å². The predicted molar refractivity (Wildman–Crippen MR) is 66.5 cm³/mol. The monoisotopic (exact) mass is 214 g/mol. The van der Waals surface area contributed by atoms with Gasteiger partial charge < -0.3 is 4.90 Å². The second kappa shape index (κ2) is 4.17. The fourth-order valence-electron chi connectivity index (χ4n) is 2.43. The van der Waals surface area contributed by atoms with Gasteiger partial charge in [-0.25, -0.2) is 0 Å². The van der Waals surface area contributed by atoms with Crippen molar-refractivity contribution in [3.63, 3.8) is 0 Å². The van der Waals surface area contributed by atoms with Crippen molar-refractivity contribution < 1.29 is 0 Å². The van der Waals surface area contributed by atoms with Crippen LogP contribution in [0.2, 0.25) is 0 Å². The summed E-state index contributed by atoms with van der Waals surface area (Å²) in [7, 11) is 2.14. The van der Waals surface area contributed by atoms with Crippen LogP contribution in [-0.4, -0.2) is 13.6 Å². The first-order valence-electron chi connectivity index (χ1n) is 5.86. The zero-order chi connectivity index (χ0) is 11.7. The average Bonchev–Trinajstić information content (AvgIpc) is 2.28. The molecule has 16 heavy (non-hydrogen) atoms. The lowest BCUT2D eigenvalue weighted by Gasteiger charge is -2.35. The maximum atomic E-state index is 8.92. The van der Waals surface area contributed by atoms with Gasteiger partial charge in [-0.2, -0.15) is 5.26 Å². The van der Waals surface area contributed by atoms with Crippen LogP contribution in [0.25, 0.3) is 0 Å². The molecule has 0 radical (unpaired) electrons. The molecule has 0 saturated heterocycles. The van der Waals surface area contributed by atoms with Crippen LogP contribution in [0.3, 0.4) is 0 Å². The minimum atomic E-state index is 0.696. The largest absolute Gasteiger partial charge is 0.374 e. The second-order valence-electron chi connectivity index (χ2n) is 5.04. The highest BCUT2D eigenvalue weighted by atomic mass is 15.1. The van der Waals surface area contributed by atoms with E-state index in [1.807, 2.05) is 12.1 Å². The van der Waals surface area contributed by atoms with Crippen LogP contribution >= 0.6 is 0 Å². The molecule has 1 atom stereocenters. The van der Waals surface area contributed by atoms with Gasteiger partial charge in [0.05, 0.1) is 11.6 Å². The average molecular weight is 214 g/mol. The standard InChI is InChI=1S/C14H18N2/c1-10(2)13-7-12-6-11(8-15)4-5-14(12)16(3)9-13/h4-6,10,13H,7,9H2,1-3H3. The van der Waals surface area contributed by atoms with Crippen LogP contribution in [0.15, 0.2) is 18.2 Å². The second-order valence-corrected chi connectivity index (χ2v) is 5.04. The Morgan fingerprint density at radius 3 is 2.81 bits per heavy atom. The topological polar surface area (TPSA) is 27.0 Å². The maximum absolute atomic E-state index is 8.92. The Bertz CT molecular complexity index is 429. The summed E-state index contributed by atoms with van der Waals surface area (Å²) >= 11 is 0. The molecule has 1 unspecified atom stereocenters. The number of hydrogen-bond acceptors (Lipinski definition) is 2. The smallest absolute Gasteiger partial charge is 0.0991 e. The summed E-state index contributed by atoms with van der Waals surface area (Å²) in [6.45, 7) is 5.67. The highest BCUT2D eigenvalue weighted by molar-refractivity contribution is 5.58. The zero-order valence-corrected chi connectivity index (χ0v) is 10.2. The summed E-state index contributed by atoms with van der Waals surface area (Å²) < 4.78 is 0. The molecule has 0 aromatic heterocycles. The Morgan fingerprint density at radius 1 is 1.44 bits per heavy atom. The van der Waals surface area contributed by atoms with Crippen molar-refractivity contribution in [2.75, 3.05) is 18.5 Å². The van der Waals surface area contributed by atoms with Crippen LogP contribution in [0, 0.1) is 23.2 Å². The van der Waals surface area contributed by atoms with Gasteiger partial charge in [-0.05, 0) is 42.0 Å². The molecule has 0 fully saturated rings. The first-order chi connectivity index (χ1) is 7.61. The molecular weight excluding hydrogens is 196 g/mol. The molecule has 0 spiro atoms. The van der Waals surface area contributed by atoms with Crippen LogP contribution in [0.4, 0.5) is 5.69 Å². The number of nitriles is 1. The molecule has 2 nitrogen and oxygen atoms in total. The van der Waals surface area contributed by atoms with Crippen LogP contribution in [0.1, 0.15) is 25.0 Å². The van der Waals surface area contributed by atoms with E-state index in [1.54, 1.807) is 0 Å². The zero-order valence-electron chi connectivity index (χ0n) is 10.2. The Balaban J connectivity index is 2.36. The molecule has 2 rings (SSSR count). The van der Waals surface area contributed by atoms with Gasteiger partial charge in [-0.15, -0.1) is 0 Å². The summed E-state index contributed by atoms with van der Waals surface area (Å²) in [5, 5.41) is 8.92. The van der Waals surface area contributed by atoms with Crippen molar-refractivity contribution in [1.29, 1.82) is 5.26 Å². The van der Waals surface area contributed by atoms with Gasteiger partial charge in [0.1, 0.15) is 0 Å². The lowest BCUT2D eigenvalue weighted by Crippen LogP contribution is -2.34. The summed E-state index contributed by atoms with van der Waals surface area (Å²) in [4.78, 5) is 2.31. The Kier molecular flexibility index (Phi) is 2.87. The van der Waals surface area contributed by atoms with E-state index >= 15 is 0 Å². The highest BCUT2D eigenvalue weighted by Crippen LogP contribution is 2.32. The minimum absolute atomic E-state index is 0.696. The Labute approximate surface area is 97.5 Å². The molecule has 1 aromatic rings. The van der Waals surface area contributed by atoms with Gasteiger partial charge >= 0.3 is 0 Å². The van der Waals surface area contributed by atoms with Crippen molar-refractivity contribution in [1.82, 2.24) is 0 Å². The van der Waals surface area contributed by atoms with Crippen molar-refractivity contribution in [3.05, 3.63) is 29.3 Å². The van der Waals surface area contributed by atoms with Crippen molar-refractivity contribution in [3.8, 4) is 6.07 Å². The van der Waals surface area contributed by atoms with E-state index < -0.39 is 0 Å². The SMILES string of the molecule is CC(C)C1Cc2cc(C#N)ccc2N(C)C1. The summed E-state index contributed by atoms with van der Waals surface area (Å²) in [6, 6.07) is 8.24. The van der Waals surface area contributed by atoms with Gasteiger partial charge in [0, 0.05) is 19.3 Å². The molecule has 84 valence electrons. The molecule has 0 N–H and O–H groups in total. The van der Waals surface area contributed by atoms with Crippen molar-refractivity contribution in [2.24, 2.45) is 11.8 Å². The molecule has 1 aromatic carbocycles. The third-order valence-corrected chi connectivity index (χ3v) is 3.55. The van der Waals surface area contributed by atoms with E-state index in [1.165, 1.54) is 11.3 Å². The number of nitrogens with zero attached hydrogens (tertiary/aromatic N) is 2. The molecule has 1 aliphatic rings. The maximum Gasteiger partial charge on any atom is 0.0991 e. The van der Waals surface area contributed by atoms with E-state index in [0.29, 0.717) is 11.8 Å². The third kappa shape index (κ3) is 1.90. The fraction of sp³-hybridized carbons (Fsp3) is 0.500. The highest BCUT2D eigenvalue weighted by Gasteiger charge is 2.24. The third-order valence-electron chi connectivity index (χ3n) is 3.55. The van der Waals surface area contributed by atoms with Crippen molar-refractivity contribution in [2.45, 2.75) is 20.3 Å². The molecule has 0 aliphatic carbocycles. The molecule has 1 aliphatic heterocycles. The Morgan fingerprint density at radius 2 is 2.19 bits per heavy atom. The predicted octanol–water partition coefficient (Wildman–Crippen LogP) is 2.82. The van der Waals surface area contributed by atoms with Crippen LogP contribution in [-0.2, 0) is 6.42 Å². The van der Waals surface area contributed by atoms with Gasteiger partial charge in [-0.3, -0.25) is 0 Å². The number of rotatable bonds is 1. The molecule has 0 bridgehead atoms. The minimum Gasteiger partial charge on any atom is -0.374 e. The van der Waals surface area contributed by atoms with Gasteiger partial charge in [0.2, 0.25) is 0 Å². The molecule has 0 amide bonds. The lowest BCUT2D eigenvalue weighted by molar-refractivity contribution is 0.375. The summed E-state index contributed by atoms with van der Waals surface area (Å²) in [6.07, 6.45) is 1.10. The first kappa shape index (κ1) is 11.0. The van der Waals surface area contributed by atoms with E-state index in [0.717, 1.165) is 18.5 Å². The number of hydrogen-bond donors (Lipinski definition) is 0. The first-order valence-corrected chi connectivity index (χ1v) is 5.86. The summed E-state index contributed by atoms with van der Waals surface area (Å²) in [5.74, 6) is 1.40. The van der Waals surface area contributed by atoms with Crippen LogP contribution < -0.4 is 4.90 Å². The number of benzene rings is 1. The van der Waals surface area contributed by atoms with Crippen LogP contribution in [0.5, 0.6) is 0 Å². The van der Waals surface area contributed by atoms with E-state index in [2.05, 4.69) is 37.9 Å². The van der Waals surface area contributed by atoms with E-state index in [-0.39, 0.29) is 0 Å². The molecule has 2 heteroatoms. The van der Waals surface area contributed by atoms with Gasteiger partial charge in [0.25, 0.3) is 0 Å². The summed E-state index contributed by atoms with van der Waals surface area (Å²) in [5.41, 5.74) is 3.39. The van der Waals surface area contributed by atoms with Gasteiger partial charge in [-0.1, -0.05) is 13.8 Å². The molecule has 0 saturated carbocycles. The van der Waals surface area contributed by atoms with E-state index in [9.17, 15) is 0 Å². The molecule has 1 heterocycles. The lowest BCUT2D eigenvalue weighted by atomic mass is 9.84. The van der Waals surface area contributed by atoms with Crippen molar-refractivity contribution >= 4 is 5.69 Å². The van der Waals surface area contributed by atoms with E-state index in [4.69, 9.17) is 5.26 Å². The normalized spacial score (nSPS) is 19.4. The number of anilines is 1. The fourth-order valence-corrected chi connectivity index (χ4v) is 2.43. The Hall–Kier alpha value is -1.49. The molecular formula is C14H18N2.